The smallest absolute Gasteiger partial charge is 0.155 e. The van der Waals surface area contributed by atoms with E-state index in [0.29, 0.717) is 11.6 Å². The Bertz CT molecular complexity index is 562. The number of nitrogens with zero attached hydrogens (tertiary/aromatic N) is 2. The van der Waals surface area contributed by atoms with Gasteiger partial charge in [0.2, 0.25) is 0 Å². The molecule has 24 heavy (non-hydrogen) atoms. The van der Waals surface area contributed by atoms with Crippen molar-refractivity contribution in [1.82, 2.24) is 9.97 Å². The van der Waals surface area contributed by atoms with Crippen molar-refractivity contribution in [3.63, 3.8) is 0 Å². The van der Waals surface area contributed by atoms with Crippen LogP contribution < -0.4 is 16.4 Å². The number of aromatic nitrogens is 2. The van der Waals surface area contributed by atoms with Gasteiger partial charge in [0.05, 0.1) is 0 Å². The second-order valence-electron chi connectivity index (χ2n) is 8.92. The van der Waals surface area contributed by atoms with Crippen LogP contribution in [0.2, 0.25) is 0 Å². The number of nitrogen functional groups attached to an aromatic ring is 1. The highest BCUT2D eigenvalue weighted by atomic mass is 15.1. The molecular formula is C19H31N5. The summed E-state index contributed by atoms with van der Waals surface area (Å²) >= 11 is 0. The van der Waals surface area contributed by atoms with Crippen LogP contribution in [0.3, 0.4) is 0 Å². The lowest BCUT2D eigenvalue weighted by Gasteiger charge is -2.57. The number of hydrogen-bond acceptors (Lipinski definition) is 5. The van der Waals surface area contributed by atoms with Crippen molar-refractivity contribution < 1.29 is 0 Å². The van der Waals surface area contributed by atoms with Crippen LogP contribution in [0.1, 0.15) is 58.8 Å². The van der Waals surface area contributed by atoms with Crippen molar-refractivity contribution in [2.75, 3.05) is 22.9 Å². The van der Waals surface area contributed by atoms with Crippen LogP contribution in [0.25, 0.3) is 0 Å². The third-order valence-corrected chi connectivity index (χ3v) is 6.32. The molecule has 4 fully saturated rings. The molecule has 0 saturated heterocycles. The van der Waals surface area contributed by atoms with Crippen LogP contribution >= 0.6 is 0 Å². The number of nitrogens with one attached hydrogen (secondary N) is 2. The average molecular weight is 329 g/mol. The van der Waals surface area contributed by atoms with Crippen LogP contribution in [0.15, 0.2) is 6.33 Å². The Morgan fingerprint density at radius 3 is 2.25 bits per heavy atom. The standard InChI is InChI=1S/C19H31N5/c1-12(2)3-4-21-17-16(20)18(23-11-22-17)24-19-8-13-5-14(9-19)7-15(6-13)10-19/h11-15H,3-10,20H2,1-2H3,(H2,21,22,23,24). The summed E-state index contributed by atoms with van der Waals surface area (Å²) in [5.41, 5.74) is 7.29. The third kappa shape index (κ3) is 3.05. The summed E-state index contributed by atoms with van der Waals surface area (Å²) < 4.78 is 0. The zero-order valence-corrected chi connectivity index (χ0v) is 15.0. The summed E-state index contributed by atoms with van der Waals surface area (Å²) in [6.45, 7) is 5.35. The predicted octanol–water partition coefficient (Wildman–Crippen LogP) is 3.90. The van der Waals surface area contributed by atoms with Crippen LogP contribution in [0.5, 0.6) is 0 Å². The molecule has 0 aliphatic heterocycles. The van der Waals surface area contributed by atoms with E-state index in [-0.39, 0.29) is 5.54 Å². The fourth-order valence-electron chi connectivity index (χ4n) is 5.63. The minimum absolute atomic E-state index is 0.229. The molecule has 5 rings (SSSR count). The molecule has 0 amide bonds. The van der Waals surface area contributed by atoms with Crippen molar-refractivity contribution in [2.45, 2.75) is 64.3 Å². The molecule has 4 aliphatic rings. The zero-order chi connectivity index (χ0) is 16.7. The molecule has 0 spiro atoms. The van der Waals surface area contributed by atoms with Gasteiger partial charge in [0.15, 0.2) is 11.6 Å². The topological polar surface area (TPSA) is 75.9 Å². The summed E-state index contributed by atoms with van der Waals surface area (Å²) in [6.07, 6.45) is 11.0. The quantitative estimate of drug-likeness (QED) is 0.738. The third-order valence-electron chi connectivity index (χ3n) is 6.32. The van der Waals surface area contributed by atoms with Gasteiger partial charge in [-0.1, -0.05) is 13.8 Å². The van der Waals surface area contributed by atoms with Crippen LogP contribution in [-0.4, -0.2) is 22.1 Å². The molecule has 5 heteroatoms. The molecule has 132 valence electrons. The lowest BCUT2D eigenvalue weighted by Crippen LogP contribution is -2.55. The molecule has 0 unspecified atom stereocenters. The molecule has 5 nitrogen and oxygen atoms in total. The van der Waals surface area contributed by atoms with Gasteiger partial charge in [-0.25, -0.2) is 9.97 Å². The molecule has 4 saturated carbocycles. The van der Waals surface area contributed by atoms with E-state index in [1.54, 1.807) is 6.33 Å². The molecule has 0 atom stereocenters. The summed E-state index contributed by atoms with van der Waals surface area (Å²) in [6, 6.07) is 0. The highest BCUT2D eigenvalue weighted by Gasteiger charge is 2.51. The molecule has 4 aliphatic carbocycles. The number of nitrogens with two attached hydrogens (primary N) is 1. The SMILES string of the molecule is CC(C)CCNc1ncnc(NC23CC4CC(CC(C4)C2)C3)c1N. The Kier molecular flexibility index (Phi) is 4.05. The molecule has 0 aromatic carbocycles. The Hall–Kier alpha value is -1.52. The van der Waals surface area contributed by atoms with Gasteiger partial charge in [0, 0.05) is 12.1 Å². The Morgan fingerprint density at radius 2 is 1.67 bits per heavy atom. The molecule has 1 aromatic heterocycles. The minimum Gasteiger partial charge on any atom is -0.393 e. The van der Waals surface area contributed by atoms with Gasteiger partial charge in [-0.2, -0.15) is 0 Å². The predicted molar refractivity (Wildman–Crippen MR) is 98.9 cm³/mol. The first-order valence-corrected chi connectivity index (χ1v) is 9.65. The highest BCUT2D eigenvalue weighted by molar-refractivity contribution is 5.74. The van der Waals surface area contributed by atoms with Crippen molar-refractivity contribution in [3.8, 4) is 0 Å². The Labute approximate surface area is 145 Å². The molecule has 4 N–H and O–H groups in total. The van der Waals surface area contributed by atoms with Gasteiger partial charge in [0.25, 0.3) is 0 Å². The maximum absolute atomic E-state index is 6.38. The van der Waals surface area contributed by atoms with Gasteiger partial charge >= 0.3 is 0 Å². The summed E-state index contributed by atoms with van der Waals surface area (Å²) in [4.78, 5) is 8.81. The monoisotopic (exact) mass is 329 g/mol. The van der Waals surface area contributed by atoms with Gasteiger partial charge in [-0.05, 0) is 68.6 Å². The van der Waals surface area contributed by atoms with Crippen LogP contribution in [-0.2, 0) is 0 Å². The summed E-state index contributed by atoms with van der Waals surface area (Å²) in [5.74, 6) is 5.02. The molecule has 1 heterocycles. The van der Waals surface area contributed by atoms with Gasteiger partial charge in [-0.15, -0.1) is 0 Å². The van der Waals surface area contributed by atoms with E-state index in [1.165, 1.54) is 38.5 Å². The van der Waals surface area contributed by atoms with E-state index in [4.69, 9.17) is 5.73 Å². The number of rotatable bonds is 6. The maximum atomic E-state index is 6.38. The number of hydrogen-bond donors (Lipinski definition) is 3. The van der Waals surface area contributed by atoms with E-state index in [0.717, 1.165) is 42.4 Å². The van der Waals surface area contributed by atoms with Gasteiger partial charge in [-0.3, -0.25) is 0 Å². The summed E-state index contributed by atoms with van der Waals surface area (Å²) in [7, 11) is 0. The molecule has 4 bridgehead atoms. The fourth-order valence-corrected chi connectivity index (χ4v) is 5.63. The second-order valence-corrected chi connectivity index (χ2v) is 8.92. The average Bonchev–Trinajstić information content (AvgIpc) is 2.49. The molecular weight excluding hydrogens is 298 g/mol. The summed E-state index contributed by atoms with van der Waals surface area (Å²) in [5, 5.41) is 7.15. The first-order chi connectivity index (χ1) is 11.5. The Balaban J connectivity index is 1.48. The van der Waals surface area contributed by atoms with E-state index in [1.807, 2.05) is 0 Å². The lowest BCUT2D eigenvalue weighted by atomic mass is 9.53. The van der Waals surface area contributed by atoms with Crippen molar-refractivity contribution in [1.29, 1.82) is 0 Å². The van der Waals surface area contributed by atoms with Gasteiger partial charge in [0.1, 0.15) is 12.0 Å². The van der Waals surface area contributed by atoms with Crippen LogP contribution in [0, 0.1) is 23.7 Å². The van der Waals surface area contributed by atoms with Crippen molar-refractivity contribution in [3.05, 3.63) is 6.33 Å². The molecule has 0 radical (unpaired) electrons. The first kappa shape index (κ1) is 16.0. The Morgan fingerprint density at radius 1 is 1.08 bits per heavy atom. The zero-order valence-electron chi connectivity index (χ0n) is 15.0. The maximum Gasteiger partial charge on any atom is 0.155 e. The van der Waals surface area contributed by atoms with Crippen LogP contribution in [0.4, 0.5) is 17.3 Å². The van der Waals surface area contributed by atoms with Crippen molar-refractivity contribution >= 4 is 17.3 Å². The number of anilines is 3. The van der Waals surface area contributed by atoms with E-state index >= 15 is 0 Å². The minimum atomic E-state index is 0.229. The fraction of sp³-hybridized carbons (Fsp3) is 0.789. The van der Waals surface area contributed by atoms with E-state index < -0.39 is 0 Å². The first-order valence-electron chi connectivity index (χ1n) is 9.65. The normalized spacial score (nSPS) is 33.9. The van der Waals surface area contributed by atoms with Crippen molar-refractivity contribution in [2.24, 2.45) is 23.7 Å². The van der Waals surface area contributed by atoms with Gasteiger partial charge < -0.3 is 16.4 Å². The van der Waals surface area contributed by atoms with E-state index in [9.17, 15) is 0 Å². The second kappa shape index (κ2) is 6.08. The lowest BCUT2D eigenvalue weighted by molar-refractivity contribution is 0.0106. The van der Waals surface area contributed by atoms with E-state index in [2.05, 4.69) is 34.4 Å². The largest absolute Gasteiger partial charge is 0.393 e. The molecule has 1 aromatic rings. The highest BCUT2D eigenvalue weighted by Crippen LogP contribution is 2.56.